The standard InChI is InChI=1S/C14H16ClNO3/c1-8-6-16(7-11(8)14(18)19)13(17)10-4-3-5-12(15)9(10)2/h3-5,8,11H,6-7H2,1-2H3,(H,18,19). The molecule has 102 valence electrons. The molecule has 1 aromatic carbocycles. The van der Waals surface area contributed by atoms with Gasteiger partial charge in [-0.2, -0.15) is 0 Å². The van der Waals surface area contributed by atoms with E-state index >= 15 is 0 Å². The second kappa shape index (κ2) is 5.21. The molecule has 0 saturated carbocycles. The highest BCUT2D eigenvalue weighted by molar-refractivity contribution is 6.31. The number of benzene rings is 1. The van der Waals surface area contributed by atoms with Gasteiger partial charge in [-0.3, -0.25) is 9.59 Å². The number of likely N-dealkylation sites (tertiary alicyclic amines) is 1. The van der Waals surface area contributed by atoms with Crippen LogP contribution in [0.2, 0.25) is 5.02 Å². The number of rotatable bonds is 2. The fourth-order valence-electron chi connectivity index (χ4n) is 2.46. The van der Waals surface area contributed by atoms with Crippen molar-refractivity contribution in [2.24, 2.45) is 11.8 Å². The second-order valence-corrected chi connectivity index (χ2v) is 5.45. The predicted molar refractivity (Wildman–Crippen MR) is 72.4 cm³/mol. The molecule has 2 unspecified atom stereocenters. The van der Waals surface area contributed by atoms with E-state index in [0.29, 0.717) is 17.1 Å². The average Bonchev–Trinajstić information content (AvgIpc) is 2.74. The third-order valence-electron chi connectivity index (χ3n) is 3.71. The van der Waals surface area contributed by atoms with Crippen molar-refractivity contribution in [2.45, 2.75) is 13.8 Å². The molecule has 1 N–H and O–H groups in total. The molecule has 5 heteroatoms. The van der Waals surface area contributed by atoms with Gasteiger partial charge in [0.1, 0.15) is 0 Å². The summed E-state index contributed by atoms with van der Waals surface area (Å²) in [7, 11) is 0. The zero-order valence-corrected chi connectivity index (χ0v) is 11.6. The normalized spacial score (nSPS) is 22.6. The first-order chi connectivity index (χ1) is 8.91. The number of carbonyl (C=O) groups is 2. The summed E-state index contributed by atoms with van der Waals surface area (Å²) in [4.78, 5) is 25.1. The van der Waals surface area contributed by atoms with Crippen LogP contribution in [0.4, 0.5) is 0 Å². The lowest BCUT2D eigenvalue weighted by Gasteiger charge is -2.17. The Morgan fingerprint density at radius 1 is 1.37 bits per heavy atom. The second-order valence-electron chi connectivity index (χ2n) is 5.04. The third-order valence-corrected chi connectivity index (χ3v) is 4.12. The van der Waals surface area contributed by atoms with Crippen LogP contribution in [0.3, 0.4) is 0 Å². The van der Waals surface area contributed by atoms with E-state index in [-0.39, 0.29) is 18.4 Å². The summed E-state index contributed by atoms with van der Waals surface area (Å²) >= 11 is 6.01. The Morgan fingerprint density at radius 3 is 2.63 bits per heavy atom. The minimum atomic E-state index is -0.842. The summed E-state index contributed by atoms with van der Waals surface area (Å²) in [5.41, 5.74) is 1.28. The van der Waals surface area contributed by atoms with E-state index in [2.05, 4.69) is 0 Å². The highest BCUT2D eigenvalue weighted by atomic mass is 35.5. The zero-order chi connectivity index (χ0) is 14.2. The molecule has 0 aromatic heterocycles. The van der Waals surface area contributed by atoms with Crippen molar-refractivity contribution >= 4 is 23.5 Å². The van der Waals surface area contributed by atoms with Gasteiger partial charge in [-0.15, -0.1) is 0 Å². The van der Waals surface area contributed by atoms with Gasteiger partial charge in [-0.05, 0) is 30.5 Å². The van der Waals surface area contributed by atoms with Crippen LogP contribution in [0.15, 0.2) is 18.2 Å². The van der Waals surface area contributed by atoms with Crippen molar-refractivity contribution in [2.75, 3.05) is 13.1 Å². The maximum absolute atomic E-state index is 12.4. The van der Waals surface area contributed by atoms with Crippen LogP contribution in [0, 0.1) is 18.8 Å². The maximum Gasteiger partial charge on any atom is 0.308 e. The number of amides is 1. The van der Waals surface area contributed by atoms with Crippen molar-refractivity contribution in [1.82, 2.24) is 4.90 Å². The summed E-state index contributed by atoms with van der Waals surface area (Å²) in [6.07, 6.45) is 0. The Labute approximate surface area is 117 Å². The molecule has 0 aliphatic carbocycles. The molecular formula is C14H16ClNO3. The molecule has 0 radical (unpaired) electrons. The summed E-state index contributed by atoms with van der Waals surface area (Å²) < 4.78 is 0. The topological polar surface area (TPSA) is 57.6 Å². The Bertz CT molecular complexity index is 529. The monoisotopic (exact) mass is 281 g/mol. The molecule has 4 nitrogen and oxygen atoms in total. The van der Waals surface area contributed by atoms with Gasteiger partial charge in [0, 0.05) is 23.7 Å². The van der Waals surface area contributed by atoms with E-state index in [0.717, 1.165) is 5.56 Å². The Morgan fingerprint density at radius 2 is 2.05 bits per heavy atom. The zero-order valence-electron chi connectivity index (χ0n) is 10.9. The number of carboxylic acid groups (broad SMARTS) is 1. The van der Waals surface area contributed by atoms with Crippen LogP contribution >= 0.6 is 11.6 Å². The number of hydrogen-bond acceptors (Lipinski definition) is 2. The van der Waals surface area contributed by atoms with Gasteiger partial charge in [0.2, 0.25) is 0 Å². The number of hydrogen-bond donors (Lipinski definition) is 1. The Balaban J connectivity index is 2.22. The number of halogens is 1. The third kappa shape index (κ3) is 2.59. The van der Waals surface area contributed by atoms with Gasteiger partial charge in [-0.1, -0.05) is 24.6 Å². The number of carboxylic acids is 1. The van der Waals surface area contributed by atoms with Crippen molar-refractivity contribution in [3.8, 4) is 0 Å². The molecular weight excluding hydrogens is 266 g/mol. The summed E-state index contributed by atoms with van der Waals surface area (Å²) in [5.74, 6) is -1.49. The van der Waals surface area contributed by atoms with E-state index in [9.17, 15) is 9.59 Å². The van der Waals surface area contributed by atoms with Crippen LogP contribution in [-0.4, -0.2) is 35.0 Å². The van der Waals surface area contributed by atoms with Crippen LogP contribution < -0.4 is 0 Å². The van der Waals surface area contributed by atoms with Gasteiger partial charge < -0.3 is 10.0 Å². The molecule has 1 aliphatic rings. The minimum Gasteiger partial charge on any atom is -0.481 e. The molecule has 1 fully saturated rings. The highest BCUT2D eigenvalue weighted by Gasteiger charge is 2.37. The minimum absolute atomic E-state index is 0.0269. The van der Waals surface area contributed by atoms with E-state index in [4.69, 9.17) is 16.7 Å². The van der Waals surface area contributed by atoms with Gasteiger partial charge in [0.05, 0.1) is 5.92 Å². The van der Waals surface area contributed by atoms with Crippen molar-refractivity contribution in [3.63, 3.8) is 0 Å². The van der Waals surface area contributed by atoms with Crippen molar-refractivity contribution in [1.29, 1.82) is 0 Å². The summed E-state index contributed by atoms with van der Waals surface area (Å²) in [6, 6.07) is 5.19. The summed E-state index contributed by atoms with van der Waals surface area (Å²) in [6.45, 7) is 4.39. The van der Waals surface area contributed by atoms with Gasteiger partial charge in [0.15, 0.2) is 0 Å². The van der Waals surface area contributed by atoms with Crippen LogP contribution in [0.1, 0.15) is 22.8 Å². The molecule has 1 heterocycles. The van der Waals surface area contributed by atoms with Crippen LogP contribution in [-0.2, 0) is 4.79 Å². The smallest absolute Gasteiger partial charge is 0.308 e. The molecule has 2 atom stereocenters. The number of carbonyl (C=O) groups excluding carboxylic acids is 1. The first-order valence-corrected chi connectivity index (χ1v) is 6.56. The SMILES string of the molecule is Cc1c(Cl)cccc1C(=O)N1CC(C)C(C(=O)O)C1. The summed E-state index contributed by atoms with van der Waals surface area (Å²) in [5, 5.41) is 9.64. The molecule has 0 spiro atoms. The lowest BCUT2D eigenvalue weighted by Crippen LogP contribution is -2.30. The van der Waals surface area contributed by atoms with Gasteiger partial charge in [-0.25, -0.2) is 0 Å². The van der Waals surface area contributed by atoms with Crippen LogP contribution in [0.5, 0.6) is 0 Å². The highest BCUT2D eigenvalue weighted by Crippen LogP contribution is 2.27. The lowest BCUT2D eigenvalue weighted by atomic mass is 9.99. The average molecular weight is 282 g/mol. The molecule has 2 rings (SSSR count). The lowest BCUT2D eigenvalue weighted by molar-refractivity contribution is -0.142. The molecule has 1 saturated heterocycles. The van der Waals surface area contributed by atoms with Crippen molar-refractivity contribution in [3.05, 3.63) is 34.3 Å². The van der Waals surface area contributed by atoms with Gasteiger partial charge >= 0.3 is 5.97 Å². The van der Waals surface area contributed by atoms with Gasteiger partial charge in [0.25, 0.3) is 5.91 Å². The fraction of sp³-hybridized carbons (Fsp3) is 0.429. The van der Waals surface area contributed by atoms with Crippen molar-refractivity contribution < 1.29 is 14.7 Å². The molecule has 19 heavy (non-hydrogen) atoms. The maximum atomic E-state index is 12.4. The van der Waals surface area contributed by atoms with E-state index in [1.165, 1.54) is 0 Å². The molecule has 1 aromatic rings. The Hall–Kier alpha value is -1.55. The number of nitrogens with zero attached hydrogens (tertiary/aromatic N) is 1. The Kier molecular flexibility index (Phi) is 3.80. The first kappa shape index (κ1) is 13.9. The molecule has 0 bridgehead atoms. The quantitative estimate of drug-likeness (QED) is 0.906. The van der Waals surface area contributed by atoms with E-state index in [1.807, 2.05) is 6.92 Å². The molecule has 1 amide bonds. The fourth-order valence-corrected chi connectivity index (χ4v) is 2.64. The first-order valence-electron chi connectivity index (χ1n) is 6.19. The largest absolute Gasteiger partial charge is 0.481 e. The van der Waals surface area contributed by atoms with E-state index < -0.39 is 11.9 Å². The molecule has 1 aliphatic heterocycles. The number of aliphatic carboxylic acids is 1. The predicted octanol–water partition coefficient (Wildman–Crippen LogP) is 2.44. The van der Waals surface area contributed by atoms with E-state index in [1.54, 1.807) is 30.0 Å². The van der Waals surface area contributed by atoms with Crippen LogP contribution in [0.25, 0.3) is 0 Å².